The minimum Gasteiger partial charge on any atom is -0.486 e. The van der Waals surface area contributed by atoms with E-state index in [0.717, 1.165) is 5.69 Å². The van der Waals surface area contributed by atoms with Crippen molar-refractivity contribution in [2.24, 2.45) is 0 Å². The Labute approximate surface area is 208 Å². The third kappa shape index (κ3) is 6.13. The van der Waals surface area contributed by atoms with Crippen LogP contribution < -0.4 is 14.8 Å². The molecule has 0 aliphatic carbocycles. The van der Waals surface area contributed by atoms with Crippen LogP contribution in [0.15, 0.2) is 53.9 Å². The Hall–Kier alpha value is -3.53. The smallest absolute Gasteiger partial charge is 0.243 e. The monoisotopic (exact) mass is 495 g/mol. The molecule has 0 spiro atoms. The lowest BCUT2D eigenvalue weighted by Crippen LogP contribution is -2.38. The van der Waals surface area contributed by atoms with E-state index in [4.69, 9.17) is 9.47 Å². The number of nitrogens with one attached hydrogen (secondary N) is 1. The lowest BCUT2D eigenvalue weighted by Gasteiger charge is -2.21. The Kier molecular flexibility index (Phi) is 7.91. The number of amides is 2. The van der Waals surface area contributed by atoms with E-state index in [2.05, 4.69) is 41.5 Å². The fourth-order valence-electron chi connectivity index (χ4n) is 3.61. The maximum atomic E-state index is 12.8. The van der Waals surface area contributed by atoms with Crippen LogP contribution in [0.1, 0.15) is 32.3 Å². The van der Waals surface area contributed by atoms with E-state index in [0.29, 0.717) is 48.0 Å². The Morgan fingerprint density at radius 3 is 2.57 bits per heavy atom. The molecule has 0 fully saturated rings. The van der Waals surface area contributed by atoms with E-state index in [-0.39, 0.29) is 24.1 Å². The van der Waals surface area contributed by atoms with E-state index < -0.39 is 0 Å². The van der Waals surface area contributed by atoms with Crippen LogP contribution in [-0.4, -0.2) is 63.5 Å². The number of likely N-dealkylation sites (N-methyl/N-ethyl adjacent to an activating group) is 1. The first-order valence-corrected chi connectivity index (χ1v) is 12.5. The van der Waals surface area contributed by atoms with Gasteiger partial charge in [-0.3, -0.25) is 14.2 Å². The number of fused-ring (bicyclic) bond motifs is 1. The molecule has 2 aromatic carbocycles. The van der Waals surface area contributed by atoms with Crippen LogP contribution in [-0.2, 0) is 9.59 Å². The van der Waals surface area contributed by atoms with Crippen molar-refractivity contribution in [2.75, 3.05) is 37.4 Å². The van der Waals surface area contributed by atoms with Gasteiger partial charge in [0.05, 0.1) is 12.3 Å². The van der Waals surface area contributed by atoms with E-state index in [1.54, 1.807) is 24.5 Å². The summed E-state index contributed by atoms with van der Waals surface area (Å²) in [6, 6.07) is 13.4. The van der Waals surface area contributed by atoms with Crippen LogP contribution >= 0.6 is 11.8 Å². The van der Waals surface area contributed by atoms with E-state index in [1.807, 2.05) is 23.6 Å². The second-order valence-corrected chi connectivity index (χ2v) is 9.28. The molecule has 0 saturated carbocycles. The molecule has 2 heterocycles. The first kappa shape index (κ1) is 24.6. The van der Waals surface area contributed by atoms with Gasteiger partial charge in [0, 0.05) is 24.0 Å². The Bertz CT molecular complexity index is 1180. The summed E-state index contributed by atoms with van der Waals surface area (Å²) in [5.41, 5.74) is 2.77. The number of carbonyl (C=O) groups excluding carboxylic acids is 2. The third-order valence-electron chi connectivity index (χ3n) is 5.57. The van der Waals surface area contributed by atoms with Crippen molar-refractivity contribution >= 4 is 29.3 Å². The molecule has 2 amide bonds. The molecule has 0 bridgehead atoms. The highest BCUT2D eigenvalue weighted by molar-refractivity contribution is 7.99. The van der Waals surface area contributed by atoms with Gasteiger partial charge in [0.15, 0.2) is 16.7 Å². The number of ether oxygens (including phenoxy) is 2. The maximum Gasteiger partial charge on any atom is 0.243 e. The van der Waals surface area contributed by atoms with Crippen LogP contribution in [0.3, 0.4) is 0 Å². The number of carbonyl (C=O) groups is 2. The maximum absolute atomic E-state index is 12.8. The molecule has 184 valence electrons. The highest BCUT2D eigenvalue weighted by atomic mass is 32.2. The van der Waals surface area contributed by atoms with Crippen LogP contribution in [0.2, 0.25) is 0 Å². The average Bonchev–Trinajstić information content (AvgIpc) is 3.34. The number of hydrogen-bond acceptors (Lipinski definition) is 7. The van der Waals surface area contributed by atoms with Crippen molar-refractivity contribution < 1.29 is 19.1 Å². The standard InChI is InChI=1S/C25H29N5O4S/c1-4-29(14-23(31)27-19-7-10-21-22(13-19)34-12-11-33-21)24(32)15-35-25-28-26-16-30(25)20-8-5-18(6-9-20)17(2)3/h5-10,13,16-17H,4,11-12,14-15H2,1-3H3,(H,27,31). The molecule has 35 heavy (non-hydrogen) atoms. The molecule has 1 aliphatic heterocycles. The molecule has 9 nitrogen and oxygen atoms in total. The summed E-state index contributed by atoms with van der Waals surface area (Å²) in [4.78, 5) is 27.0. The van der Waals surface area contributed by atoms with Gasteiger partial charge in [0.1, 0.15) is 19.5 Å². The third-order valence-corrected chi connectivity index (χ3v) is 6.50. The SMILES string of the molecule is CCN(CC(=O)Nc1ccc2c(c1)OCCO2)C(=O)CSc1nncn1-c1ccc(C(C)C)cc1. The molecular weight excluding hydrogens is 466 g/mol. The average molecular weight is 496 g/mol. The van der Waals surface area contributed by atoms with Gasteiger partial charge in [0.2, 0.25) is 11.8 Å². The lowest BCUT2D eigenvalue weighted by molar-refractivity contribution is -0.132. The molecule has 1 aliphatic rings. The summed E-state index contributed by atoms with van der Waals surface area (Å²) in [5, 5.41) is 11.6. The fourth-order valence-corrected chi connectivity index (χ4v) is 4.44. The Morgan fingerprint density at radius 2 is 1.86 bits per heavy atom. The quantitative estimate of drug-likeness (QED) is 0.452. The molecule has 1 aromatic heterocycles. The summed E-state index contributed by atoms with van der Waals surface area (Å²) < 4.78 is 12.9. The van der Waals surface area contributed by atoms with Gasteiger partial charge in [-0.25, -0.2) is 0 Å². The van der Waals surface area contributed by atoms with Crippen molar-refractivity contribution in [3.8, 4) is 17.2 Å². The van der Waals surface area contributed by atoms with Crippen LogP contribution in [0.4, 0.5) is 5.69 Å². The van der Waals surface area contributed by atoms with E-state index in [1.165, 1.54) is 22.2 Å². The van der Waals surface area contributed by atoms with Gasteiger partial charge in [-0.05, 0) is 42.7 Å². The number of nitrogens with zero attached hydrogens (tertiary/aromatic N) is 4. The molecule has 10 heteroatoms. The zero-order valence-corrected chi connectivity index (χ0v) is 20.9. The lowest BCUT2D eigenvalue weighted by atomic mass is 10.0. The Morgan fingerprint density at radius 1 is 1.11 bits per heavy atom. The summed E-state index contributed by atoms with van der Waals surface area (Å²) in [7, 11) is 0. The zero-order chi connectivity index (χ0) is 24.8. The predicted molar refractivity (Wildman–Crippen MR) is 134 cm³/mol. The predicted octanol–water partition coefficient (Wildman–Crippen LogP) is 3.74. The molecule has 3 aromatic rings. The molecule has 0 radical (unpaired) electrons. The van der Waals surface area contributed by atoms with Gasteiger partial charge in [0.25, 0.3) is 0 Å². The van der Waals surface area contributed by atoms with Crippen LogP contribution in [0.25, 0.3) is 5.69 Å². The van der Waals surface area contributed by atoms with Gasteiger partial charge in [-0.15, -0.1) is 10.2 Å². The van der Waals surface area contributed by atoms with Crippen molar-refractivity contribution in [3.63, 3.8) is 0 Å². The summed E-state index contributed by atoms with van der Waals surface area (Å²) in [5.74, 6) is 1.41. The first-order chi connectivity index (χ1) is 16.9. The largest absolute Gasteiger partial charge is 0.486 e. The summed E-state index contributed by atoms with van der Waals surface area (Å²) >= 11 is 1.29. The highest BCUT2D eigenvalue weighted by Gasteiger charge is 2.19. The number of thioether (sulfide) groups is 1. The Balaban J connectivity index is 1.33. The van der Waals surface area contributed by atoms with Gasteiger partial charge in [-0.1, -0.05) is 37.7 Å². The molecule has 4 rings (SSSR count). The number of hydrogen-bond donors (Lipinski definition) is 1. The second kappa shape index (κ2) is 11.3. The van der Waals surface area contributed by atoms with Crippen molar-refractivity contribution in [2.45, 2.75) is 31.8 Å². The topological polar surface area (TPSA) is 98.6 Å². The van der Waals surface area contributed by atoms with Gasteiger partial charge in [-0.2, -0.15) is 0 Å². The summed E-state index contributed by atoms with van der Waals surface area (Å²) in [6.07, 6.45) is 1.63. The number of rotatable bonds is 9. The van der Waals surface area contributed by atoms with Crippen molar-refractivity contribution in [1.29, 1.82) is 0 Å². The van der Waals surface area contributed by atoms with Crippen molar-refractivity contribution in [3.05, 3.63) is 54.4 Å². The highest BCUT2D eigenvalue weighted by Crippen LogP contribution is 2.32. The second-order valence-electron chi connectivity index (χ2n) is 8.33. The summed E-state index contributed by atoms with van der Waals surface area (Å²) in [6.45, 7) is 7.49. The zero-order valence-electron chi connectivity index (χ0n) is 20.1. The molecule has 0 unspecified atom stereocenters. The number of anilines is 1. The van der Waals surface area contributed by atoms with Crippen LogP contribution in [0, 0.1) is 0 Å². The molecular formula is C25H29N5O4S. The van der Waals surface area contributed by atoms with Crippen molar-refractivity contribution in [1.82, 2.24) is 19.7 Å². The van der Waals surface area contributed by atoms with Crippen LogP contribution in [0.5, 0.6) is 11.5 Å². The number of benzene rings is 2. The molecule has 1 N–H and O–H groups in total. The number of aromatic nitrogens is 3. The minimum absolute atomic E-state index is 0.0479. The normalized spacial score (nSPS) is 12.5. The first-order valence-electron chi connectivity index (χ1n) is 11.5. The van der Waals surface area contributed by atoms with E-state index >= 15 is 0 Å². The molecule has 0 atom stereocenters. The molecule has 0 saturated heterocycles. The van der Waals surface area contributed by atoms with Gasteiger partial charge < -0.3 is 19.7 Å². The van der Waals surface area contributed by atoms with Gasteiger partial charge >= 0.3 is 0 Å². The fraction of sp³-hybridized carbons (Fsp3) is 0.360. The minimum atomic E-state index is -0.282. The van der Waals surface area contributed by atoms with E-state index in [9.17, 15) is 9.59 Å².